The van der Waals surface area contributed by atoms with Gasteiger partial charge in [0.25, 0.3) is 0 Å². The van der Waals surface area contributed by atoms with Gasteiger partial charge in [-0.2, -0.15) is 0 Å². The van der Waals surface area contributed by atoms with Crippen molar-refractivity contribution in [3.8, 4) is 0 Å². The van der Waals surface area contributed by atoms with E-state index in [1.807, 2.05) is 4.90 Å². The van der Waals surface area contributed by atoms with Crippen LogP contribution >= 0.6 is 0 Å². The van der Waals surface area contributed by atoms with Crippen LogP contribution in [0.15, 0.2) is 0 Å². The summed E-state index contributed by atoms with van der Waals surface area (Å²) in [5, 5.41) is 3.37. The highest BCUT2D eigenvalue weighted by atomic mass is 16.2. The number of carbonyl (C=O) groups is 1. The lowest BCUT2D eigenvalue weighted by Crippen LogP contribution is -2.62. The molecule has 2 fully saturated rings. The van der Waals surface area contributed by atoms with Gasteiger partial charge in [-0.25, -0.2) is 0 Å². The van der Waals surface area contributed by atoms with Gasteiger partial charge in [-0.1, -0.05) is 0 Å². The van der Waals surface area contributed by atoms with Gasteiger partial charge in [-0.05, 0) is 47.2 Å². The Bertz CT molecular complexity index is 287. The minimum absolute atomic E-state index is 0.293. The fourth-order valence-corrected chi connectivity index (χ4v) is 3.00. The molecule has 2 heterocycles. The highest BCUT2D eigenvalue weighted by Crippen LogP contribution is 2.24. The normalized spacial score (nSPS) is 39.6. The first-order valence-corrected chi connectivity index (χ1v) is 6.70. The summed E-state index contributed by atoms with van der Waals surface area (Å²) in [6, 6.07) is 0.903. The standard InChI is InChI=1S/C13H25N3O/c1-10-8-16(9-11(2)15(10)4)12(17)13(3)6-5-7-14-13/h10-11,14H,5-9H2,1-4H3. The third-order valence-corrected chi connectivity index (χ3v) is 4.49. The number of nitrogens with one attached hydrogen (secondary N) is 1. The highest BCUT2D eigenvalue weighted by Gasteiger charge is 2.41. The average molecular weight is 239 g/mol. The summed E-state index contributed by atoms with van der Waals surface area (Å²) in [5.74, 6) is 0.293. The van der Waals surface area contributed by atoms with Gasteiger partial charge in [0, 0.05) is 25.2 Å². The average Bonchev–Trinajstić information content (AvgIpc) is 2.72. The topological polar surface area (TPSA) is 35.6 Å². The molecule has 0 aromatic rings. The Morgan fingerprint density at radius 2 is 1.88 bits per heavy atom. The van der Waals surface area contributed by atoms with Gasteiger partial charge in [0.2, 0.25) is 5.91 Å². The zero-order valence-electron chi connectivity index (χ0n) is 11.5. The van der Waals surface area contributed by atoms with E-state index in [1.54, 1.807) is 0 Å². The lowest BCUT2D eigenvalue weighted by Gasteiger charge is -2.44. The SMILES string of the molecule is CC1CN(C(=O)C2(C)CCCN2)CC(C)N1C. The van der Waals surface area contributed by atoms with Crippen molar-refractivity contribution in [2.24, 2.45) is 0 Å². The summed E-state index contributed by atoms with van der Waals surface area (Å²) in [5.41, 5.74) is -0.310. The molecular weight excluding hydrogens is 214 g/mol. The van der Waals surface area contributed by atoms with E-state index in [4.69, 9.17) is 0 Å². The van der Waals surface area contributed by atoms with Crippen molar-refractivity contribution in [1.29, 1.82) is 0 Å². The molecule has 4 nitrogen and oxygen atoms in total. The molecule has 17 heavy (non-hydrogen) atoms. The lowest BCUT2D eigenvalue weighted by molar-refractivity contribution is -0.141. The molecule has 0 aromatic heterocycles. The van der Waals surface area contributed by atoms with Crippen molar-refractivity contribution in [2.75, 3.05) is 26.7 Å². The van der Waals surface area contributed by atoms with E-state index in [1.165, 1.54) is 0 Å². The van der Waals surface area contributed by atoms with E-state index in [2.05, 4.69) is 38.0 Å². The zero-order valence-corrected chi connectivity index (χ0v) is 11.5. The molecule has 2 saturated heterocycles. The molecule has 0 saturated carbocycles. The van der Waals surface area contributed by atoms with E-state index in [9.17, 15) is 4.79 Å². The third-order valence-electron chi connectivity index (χ3n) is 4.49. The molecule has 1 amide bonds. The summed E-state index contributed by atoms with van der Waals surface area (Å²) < 4.78 is 0. The van der Waals surface area contributed by atoms with Gasteiger partial charge < -0.3 is 10.2 Å². The number of piperazine rings is 1. The monoisotopic (exact) mass is 239 g/mol. The summed E-state index contributed by atoms with van der Waals surface area (Å²) in [7, 11) is 2.15. The molecule has 0 spiro atoms. The van der Waals surface area contributed by atoms with E-state index in [0.29, 0.717) is 18.0 Å². The first-order chi connectivity index (χ1) is 7.94. The molecule has 0 bridgehead atoms. The van der Waals surface area contributed by atoms with Crippen LogP contribution in [0.2, 0.25) is 0 Å². The molecule has 2 aliphatic heterocycles. The Morgan fingerprint density at radius 3 is 2.35 bits per heavy atom. The van der Waals surface area contributed by atoms with Crippen molar-refractivity contribution in [1.82, 2.24) is 15.1 Å². The summed E-state index contributed by atoms with van der Waals surface area (Å²) in [6.07, 6.45) is 2.09. The van der Waals surface area contributed by atoms with Crippen LogP contribution < -0.4 is 5.32 Å². The lowest BCUT2D eigenvalue weighted by atomic mass is 9.96. The molecule has 0 aromatic carbocycles. The predicted molar refractivity (Wildman–Crippen MR) is 68.9 cm³/mol. The fraction of sp³-hybridized carbons (Fsp3) is 0.923. The molecule has 1 N–H and O–H groups in total. The molecular formula is C13H25N3O. The number of rotatable bonds is 1. The smallest absolute Gasteiger partial charge is 0.242 e. The van der Waals surface area contributed by atoms with E-state index >= 15 is 0 Å². The van der Waals surface area contributed by atoms with Crippen LogP contribution in [0.5, 0.6) is 0 Å². The zero-order chi connectivity index (χ0) is 12.6. The van der Waals surface area contributed by atoms with Crippen LogP contribution in [0, 0.1) is 0 Å². The Morgan fingerprint density at radius 1 is 1.29 bits per heavy atom. The molecule has 4 heteroatoms. The molecule has 0 aliphatic carbocycles. The van der Waals surface area contributed by atoms with Crippen molar-refractivity contribution in [3.05, 3.63) is 0 Å². The van der Waals surface area contributed by atoms with E-state index in [0.717, 1.165) is 32.5 Å². The van der Waals surface area contributed by atoms with Gasteiger partial charge in [0.05, 0.1) is 5.54 Å². The van der Waals surface area contributed by atoms with Crippen LogP contribution in [-0.2, 0) is 4.79 Å². The molecule has 2 rings (SSSR count). The Kier molecular flexibility index (Phi) is 3.46. The van der Waals surface area contributed by atoms with Crippen LogP contribution in [0.3, 0.4) is 0 Å². The van der Waals surface area contributed by atoms with Gasteiger partial charge >= 0.3 is 0 Å². The van der Waals surface area contributed by atoms with Gasteiger partial charge in [-0.15, -0.1) is 0 Å². The second kappa shape index (κ2) is 4.58. The number of likely N-dealkylation sites (N-methyl/N-ethyl adjacent to an activating group) is 1. The van der Waals surface area contributed by atoms with Crippen LogP contribution in [0.25, 0.3) is 0 Å². The van der Waals surface area contributed by atoms with Crippen molar-refractivity contribution < 1.29 is 4.79 Å². The van der Waals surface area contributed by atoms with Crippen LogP contribution in [0.4, 0.5) is 0 Å². The highest BCUT2D eigenvalue weighted by molar-refractivity contribution is 5.86. The molecule has 3 atom stereocenters. The predicted octanol–water partition coefficient (Wildman–Crippen LogP) is 0.680. The minimum atomic E-state index is -0.310. The molecule has 2 aliphatic rings. The Balaban J connectivity index is 2.05. The quantitative estimate of drug-likeness (QED) is 0.731. The van der Waals surface area contributed by atoms with Crippen molar-refractivity contribution in [3.63, 3.8) is 0 Å². The number of nitrogens with zero attached hydrogens (tertiary/aromatic N) is 2. The van der Waals surface area contributed by atoms with Crippen molar-refractivity contribution in [2.45, 2.75) is 51.2 Å². The van der Waals surface area contributed by atoms with Crippen LogP contribution in [-0.4, -0.2) is 60.0 Å². The number of hydrogen-bond donors (Lipinski definition) is 1. The molecule has 0 radical (unpaired) electrons. The Labute approximate surface area is 104 Å². The summed E-state index contributed by atoms with van der Waals surface area (Å²) >= 11 is 0. The first-order valence-electron chi connectivity index (χ1n) is 6.70. The summed E-state index contributed by atoms with van der Waals surface area (Å²) in [4.78, 5) is 17.0. The first kappa shape index (κ1) is 12.8. The molecule has 98 valence electrons. The Hall–Kier alpha value is -0.610. The summed E-state index contributed by atoms with van der Waals surface area (Å²) in [6.45, 7) is 9.13. The number of hydrogen-bond acceptors (Lipinski definition) is 3. The second-order valence-corrected chi connectivity index (χ2v) is 5.94. The minimum Gasteiger partial charge on any atom is -0.338 e. The molecule has 3 unspecified atom stereocenters. The van der Waals surface area contributed by atoms with Crippen molar-refractivity contribution >= 4 is 5.91 Å². The second-order valence-electron chi connectivity index (χ2n) is 5.94. The fourth-order valence-electron chi connectivity index (χ4n) is 3.00. The largest absolute Gasteiger partial charge is 0.338 e. The van der Waals surface area contributed by atoms with E-state index in [-0.39, 0.29) is 5.54 Å². The number of amides is 1. The van der Waals surface area contributed by atoms with Gasteiger partial charge in [0.15, 0.2) is 0 Å². The maximum atomic E-state index is 12.6. The third kappa shape index (κ3) is 2.33. The maximum Gasteiger partial charge on any atom is 0.242 e. The van der Waals surface area contributed by atoms with Gasteiger partial charge in [-0.3, -0.25) is 9.69 Å². The van der Waals surface area contributed by atoms with E-state index < -0.39 is 0 Å². The maximum absolute atomic E-state index is 12.6. The number of carbonyl (C=O) groups excluding carboxylic acids is 1. The van der Waals surface area contributed by atoms with Crippen LogP contribution in [0.1, 0.15) is 33.6 Å². The van der Waals surface area contributed by atoms with Gasteiger partial charge in [0.1, 0.15) is 0 Å².